The molecule has 0 unspecified atom stereocenters. The minimum Gasteiger partial charge on any atom is -0.0996 e. The van der Waals surface area contributed by atoms with Crippen molar-refractivity contribution >= 4 is 0 Å². The number of hydrogen-bond donors (Lipinski definition) is 0. The van der Waals surface area contributed by atoms with Crippen molar-refractivity contribution in [2.75, 3.05) is 0 Å². The largest absolute Gasteiger partial charge is 0.0996 e. The second kappa shape index (κ2) is 0.792. The first-order valence-corrected chi connectivity index (χ1v) is 3.27. The summed E-state index contributed by atoms with van der Waals surface area (Å²) in [7, 11) is 0. The van der Waals surface area contributed by atoms with Crippen molar-refractivity contribution in [3.05, 3.63) is 12.2 Å². The van der Waals surface area contributed by atoms with Crippen molar-refractivity contribution in [3.63, 3.8) is 0 Å². The normalized spacial score (nSPS) is 57.2. The fourth-order valence-corrected chi connectivity index (χ4v) is 2.01. The van der Waals surface area contributed by atoms with E-state index < -0.39 is 0 Å². The Bertz CT molecular complexity index is 159. The maximum absolute atomic E-state index is 3.98. The molecule has 0 heterocycles. The first kappa shape index (κ1) is 4.60. The Hall–Kier alpha value is -0.260. The minimum absolute atomic E-state index is 0.660. The lowest BCUT2D eigenvalue weighted by molar-refractivity contribution is 0.697. The summed E-state index contributed by atoms with van der Waals surface area (Å²) in [5.74, 6) is 0. The van der Waals surface area contributed by atoms with Gasteiger partial charge in [-0.3, -0.25) is 0 Å². The predicted molar refractivity (Wildman–Crippen MR) is 34.6 cm³/mol. The van der Waals surface area contributed by atoms with Crippen LogP contribution in [-0.2, 0) is 0 Å². The van der Waals surface area contributed by atoms with Crippen molar-refractivity contribution in [2.24, 2.45) is 10.8 Å². The van der Waals surface area contributed by atoms with Crippen LogP contribution in [-0.4, -0.2) is 0 Å². The van der Waals surface area contributed by atoms with Gasteiger partial charge in [-0.25, -0.2) is 0 Å². The third-order valence-electron chi connectivity index (χ3n) is 3.11. The molecule has 2 fully saturated rings. The molecule has 0 aliphatic heterocycles. The van der Waals surface area contributed by atoms with E-state index in [0.29, 0.717) is 5.41 Å². The molecule has 0 nitrogen and oxygen atoms in total. The van der Waals surface area contributed by atoms with E-state index in [9.17, 15) is 0 Å². The van der Waals surface area contributed by atoms with Gasteiger partial charge in [0.2, 0.25) is 0 Å². The molecule has 8 heavy (non-hydrogen) atoms. The van der Waals surface area contributed by atoms with E-state index >= 15 is 0 Å². The molecule has 2 aliphatic carbocycles. The zero-order valence-electron chi connectivity index (χ0n) is 5.62. The Morgan fingerprint density at radius 3 is 1.88 bits per heavy atom. The quantitative estimate of drug-likeness (QED) is 0.452. The highest BCUT2D eigenvalue weighted by molar-refractivity contribution is 5.40. The monoisotopic (exact) mass is 108 g/mol. The summed E-state index contributed by atoms with van der Waals surface area (Å²) >= 11 is 0. The molecule has 0 aromatic rings. The van der Waals surface area contributed by atoms with E-state index in [4.69, 9.17) is 0 Å². The van der Waals surface area contributed by atoms with Crippen molar-refractivity contribution in [1.82, 2.24) is 0 Å². The summed E-state index contributed by atoms with van der Waals surface area (Å²) in [5, 5.41) is 0. The first-order chi connectivity index (χ1) is 3.61. The molecule has 0 saturated heterocycles. The topological polar surface area (TPSA) is 0 Å². The molecule has 0 spiro atoms. The van der Waals surface area contributed by atoms with Crippen LogP contribution in [0.4, 0.5) is 0 Å². The lowest BCUT2D eigenvalue weighted by Gasteiger charge is -1.96. The van der Waals surface area contributed by atoms with Gasteiger partial charge < -0.3 is 0 Å². The van der Waals surface area contributed by atoms with Gasteiger partial charge in [-0.2, -0.15) is 0 Å². The average Bonchev–Trinajstić information content (AvgIpc) is 2.22. The summed E-state index contributed by atoms with van der Waals surface area (Å²) in [6.45, 7) is 8.50. The van der Waals surface area contributed by atoms with Crippen LogP contribution in [0, 0.1) is 10.8 Å². The second-order valence-electron chi connectivity index (χ2n) is 3.78. The second-order valence-corrected chi connectivity index (χ2v) is 3.78. The highest BCUT2D eigenvalue weighted by Gasteiger charge is 2.79. The lowest BCUT2D eigenvalue weighted by Crippen LogP contribution is -1.83. The van der Waals surface area contributed by atoms with E-state index in [1.807, 2.05) is 0 Å². The van der Waals surface area contributed by atoms with E-state index in [2.05, 4.69) is 20.4 Å². The third-order valence-corrected chi connectivity index (χ3v) is 3.11. The molecular weight excluding hydrogens is 96.1 g/mol. The lowest BCUT2D eigenvalue weighted by atomic mass is 10.1. The smallest absolute Gasteiger partial charge is 0.00282 e. The molecule has 44 valence electrons. The molecule has 2 rings (SSSR count). The van der Waals surface area contributed by atoms with E-state index in [0.717, 1.165) is 5.41 Å². The van der Waals surface area contributed by atoms with Gasteiger partial charge in [0.25, 0.3) is 0 Å². The first-order valence-electron chi connectivity index (χ1n) is 3.27. The summed E-state index contributed by atoms with van der Waals surface area (Å²) in [4.78, 5) is 0. The summed E-state index contributed by atoms with van der Waals surface area (Å²) in [5.41, 5.74) is 2.81. The summed E-state index contributed by atoms with van der Waals surface area (Å²) in [6.07, 6.45) is 2.85. The van der Waals surface area contributed by atoms with Gasteiger partial charge in [0.1, 0.15) is 0 Å². The van der Waals surface area contributed by atoms with Gasteiger partial charge in [0.05, 0.1) is 0 Å². The molecule has 0 aromatic heterocycles. The fraction of sp³-hybridized carbons (Fsp3) is 0.750. The maximum atomic E-state index is 3.98. The van der Waals surface area contributed by atoms with Gasteiger partial charge in [-0.15, -0.1) is 0 Å². The van der Waals surface area contributed by atoms with Gasteiger partial charge in [-0.05, 0) is 30.6 Å². The third kappa shape index (κ3) is 0.249. The van der Waals surface area contributed by atoms with E-state index in [-0.39, 0.29) is 0 Å². The van der Waals surface area contributed by atoms with Gasteiger partial charge in [-0.1, -0.05) is 19.1 Å². The summed E-state index contributed by atoms with van der Waals surface area (Å²) < 4.78 is 0. The van der Waals surface area contributed by atoms with Crippen LogP contribution in [0.1, 0.15) is 26.7 Å². The van der Waals surface area contributed by atoms with Gasteiger partial charge >= 0.3 is 0 Å². The van der Waals surface area contributed by atoms with Crippen molar-refractivity contribution < 1.29 is 0 Å². The maximum Gasteiger partial charge on any atom is -0.00282 e. The molecule has 0 aromatic carbocycles. The summed E-state index contributed by atoms with van der Waals surface area (Å²) in [6, 6.07) is 0. The molecule has 2 saturated carbocycles. The van der Waals surface area contributed by atoms with Crippen LogP contribution in [0.5, 0.6) is 0 Å². The Labute approximate surface area is 50.6 Å². The van der Waals surface area contributed by atoms with Crippen LogP contribution >= 0.6 is 0 Å². The molecule has 0 bridgehead atoms. The van der Waals surface area contributed by atoms with Crippen molar-refractivity contribution in [3.8, 4) is 0 Å². The van der Waals surface area contributed by atoms with E-state index in [1.54, 1.807) is 0 Å². The van der Waals surface area contributed by atoms with Crippen LogP contribution in [0.15, 0.2) is 12.2 Å². The van der Waals surface area contributed by atoms with Gasteiger partial charge in [0.15, 0.2) is 0 Å². The highest BCUT2D eigenvalue weighted by atomic mass is 14.8. The van der Waals surface area contributed by atoms with Crippen LogP contribution < -0.4 is 0 Å². The van der Waals surface area contributed by atoms with Crippen LogP contribution in [0.25, 0.3) is 0 Å². The Morgan fingerprint density at radius 2 is 1.88 bits per heavy atom. The molecule has 0 atom stereocenters. The molecular formula is C8H12. The highest BCUT2D eigenvalue weighted by Crippen LogP contribution is 2.88. The molecule has 0 heteroatoms. The SMILES string of the molecule is C=C(C)C12CC1(C)C2. The number of fused-ring (bicyclic) bond motifs is 1. The van der Waals surface area contributed by atoms with E-state index in [1.165, 1.54) is 18.4 Å². The average molecular weight is 108 g/mol. The van der Waals surface area contributed by atoms with Gasteiger partial charge in [0, 0.05) is 0 Å². The zero-order valence-corrected chi connectivity index (χ0v) is 5.62. The number of allylic oxidation sites excluding steroid dienone is 1. The van der Waals surface area contributed by atoms with Crippen molar-refractivity contribution in [1.29, 1.82) is 0 Å². The number of rotatable bonds is 1. The molecule has 2 aliphatic rings. The molecule has 0 radical (unpaired) electrons. The molecule has 0 N–H and O–H groups in total. The standard InChI is InChI=1S/C8H12/c1-6(2)8-4-7(8,3)5-8/h1,4-5H2,2-3H3. The minimum atomic E-state index is 0.660. The predicted octanol–water partition coefficient (Wildman–Crippen LogP) is 2.36. The number of hydrogen-bond acceptors (Lipinski definition) is 0. The van der Waals surface area contributed by atoms with Crippen molar-refractivity contribution in [2.45, 2.75) is 26.7 Å². The van der Waals surface area contributed by atoms with Crippen LogP contribution in [0.3, 0.4) is 0 Å². The Morgan fingerprint density at radius 1 is 1.50 bits per heavy atom. The molecule has 0 amide bonds. The zero-order chi connectivity index (χ0) is 5.99. The Kier molecular flexibility index (Phi) is 0.456. The Balaban J connectivity index is 2.24. The van der Waals surface area contributed by atoms with Crippen LogP contribution in [0.2, 0.25) is 0 Å². The fourth-order valence-electron chi connectivity index (χ4n) is 2.01.